The Hall–Kier alpha value is -3.13. The average molecular weight is 395 g/mol. The molecule has 0 saturated heterocycles. The summed E-state index contributed by atoms with van der Waals surface area (Å²) in [5, 5.41) is 13.8. The van der Waals surface area contributed by atoms with Crippen molar-refractivity contribution in [3.63, 3.8) is 0 Å². The fraction of sp³-hybridized carbons (Fsp3) is 0.200. The number of carbonyl (C=O) groups is 2. The van der Waals surface area contributed by atoms with E-state index in [4.69, 9.17) is 0 Å². The molecular weight excluding hydrogens is 374 g/mol. The summed E-state index contributed by atoms with van der Waals surface area (Å²) in [5.74, 6) is 0.337. The highest BCUT2D eigenvalue weighted by atomic mass is 32.2. The Labute approximate surface area is 167 Å². The Bertz CT molecular complexity index is 1000. The fourth-order valence-electron chi connectivity index (χ4n) is 2.59. The number of nitrogens with zero attached hydrogens (tertiary/aromatic N) is 3. The molecule has 28 heavy (non-hydrogen) atoms. The maximum atomic E-state index is 12.0. The molecule has 3 aromatic rings. The number of nitrogens with one attached hydrogen (secondary N) is 2. The van der Waals surface area contributed by atoms with E-state index in [1.165, 1.54) is 24.4 Å². The second-order valence-electron chi connectivity index (χ2n) is 6.19. The molecule has 0 aliphatic rings. The van der Waals surface area contributed by atoms with Gasteiger partial charge in [-0.25, -0.2) is 4.79 Å². The van der Waals surface area contributed by atoms with Crippen LogP contribution in [-0.2, 0) is 4.79 Å². The zero-order chi connectivity index (χ0) is 20.1. The smallest absolute Gasteiger partial charge is 0.321 e. The van der Waals surface area contributed by atoms with Crippen molar-refractivity contribution < 1.29 is 9.59 Å². The van der Waals surface area contributed by atoms with Crippen LogP contribution in [0.3, 0.4) is 0 Å². The molecule has 144 valence electrons. The van der Waals surface area contributed by atoms with Crippen LogP contribution in [0.2, 0.25) is 0 Å². The molecule has 0 spiro atoms. The summed E-state index contributed by atoms with van der Waals surface area (Å²) in [7, 11) is 1.46. The largest absolute Gasteiger partial charge is 0.341 e. The lowest BCUT2D eigenvalue weighted by Gasteiger charge is -2.12. The third-order valence-electron chi connectivity index (χ3n) is 4.23. The van der Waals surface area contributed by atoms with Crippen molar-refractivity contribution in [2.24, 2.45) is 0 Å². The van der Waals surface area contributed by atoms with E-state index >= 15 is 0 Å². The Balaban J connectivity index is 1.96. The minimum Gasteiger partial charge on any atom is -0.341 e. The first-order chi connectivity index (χ1) is 13.5. The summed E-state index contributed by atoms with van der Waals surface area (Å²) in [4.78, 5) is 23.3. The molecule has 0 bridgehead atoms. The molecule has 0 aliphatic carbocycles. The summed E-state index contributed by atoms with van der Waals surface area (Å²) >= 11 is 1.23. The lowest BCUT2D eigenvalue weighted by molar-refractivity contribution is -0.117. The molecule has 0 unspecified atom stereocenters. The van der Waals surface area contributed by atoms with Gasteiger partial charge >= 0.3 is 6.03 Å². The topological polar surface area (TPSA) is 88.9 Å². The fourth-order valence-corrected chi connectivity index (χ4v) is 3.34. The predicted octanol–water partition coefficient (Wildman–Crippen LogP) is 3.10. The third-order valence-corrected chi connectivity index (χ3v) is 5.16. The first-order valence-corrected chi connectivity index (χ1v) is 9.71. The molecular formula is C20H21N5O2S. The molecule has 0 fully saturated rings. The standard InChI is InChI=1S/C20H21N5O2S/c1-13-9-10-16(11-14(13)2)25-18(15-7-5-4-6-8-15)23-24-20(25)28-12-17(26)22-19(27)21-3/h4-11H,12H2,1-3H3,(H2,21,22,26,27). The zero-order valence-corrected chi connectivity index (χ0v) is 16.7. The Morgan fingerprint density at radius 1 is 1.04 bits per heavy atom. The molecule has 2 aromatic carbocycles. The van der Waals surface area contributed by atoms with Gasteiger partial charge in [0, 0.05) is 12.6 Å². The molecule has 0 saturated carbocycles. The number of benzene rings is 2. The van der Waals surface area contributed by atoms with Gasteiger partial charge in [-0.15, -0.1) is 10.2 Å². The number of imide groups is 1. The molecule has 0 aliphatic heterocycles. The SMILES string of the molecule is CNC(=O)NC(=O)CSc1nnc(-c2ccccc2)n1-c1ccc(C)c(C)c1. The molecule has 8 heteroatoms. The molecule has 0 atom stereocenters. The van der Waals surface area contributed by atoms with Gasteiger partial charge in [0.15, 0.2) is 11.0 Å². The van der Waals surface area contributed by atoms with Gasteiger partial charge in [-0.05, 0) is 37.1 Å². The summed E-state index contributed by atoms with van der Waals surface area (Å²) in [6.45, 7) is 4.11. The maximum Gasteiger partial charge on any atom is 0.321 e. The molecule has 1 heterocycles. The van der Waals surface area contributed by atoms with Gasteiger partial charge < -0.3 is 5.32 Å². The van der Waals surface area contributed by atoms with Gasteiger partial charge in [-0.2, -0.15) is 0 Å². The van der Waals surface area contributed by atoms with Gasteiger partial charge in [0.25, 0.3) is 0 Å². The normalized spacial score (nSPS) is 10.5. The second-order valence-corrected chi connectivity index (χ2v) is 7.13. The van der Waals surface area contributed by atoms with Crippen LogP contribution in [-0.4, -0.2) is 39.5 Å². The van der Waals surface area contributed by atoms with Gasteiger partial charge in [-0.1, -0.05) is 48.2 Å². The number of amides is 3. The van der Waals surface area contributed by atoms with E-state index in [0.717, 1.165) is 16.8 Å². The monoisotopic (exact) mass is 395 g/mol. The second kappa shape index (κ2) is 8.71. The molecule has 0 radical (unpaired) electrons. The average Bonchev–Trinajstić information content (AvgIpc) is 3.13. The predicted molar refractivity (Wildman–Crippen MR) is 110 cm³/mol. The van der Waals surface area contributed by atoms with E-state index in [-0.39, 0.29) is 5.75 Å². The zero-order valence-electron chi connectivity index (χ0n) is 15.9. The van der Waals surface area contributed by atoms with Crippen LogP contribution < -0.4 is 10.6 Å². The molecule has 1 aromatic heterocycles. The van der Waals surface area contributed by atoms with Crippen LogP contribution in [0.5, 0.6) is 0 Å². The lowest BCUT2D eigenvalue weighted by atomic mass is 10.1. The minimum absolute atomic E-state index is 0.0468. The van der Waals surface area contributed by atoms with Crippen molar-refractivity contribution in [1.82, 2.24) is 25.4 Å². The van der Waals surface area contributed by atoms with Crippen molar-refractivity contribution in [2.75, 3.05) is 12.8 Å². The van der Waals surface area contributed by atoms with Crippen LogP contribution in [0.4, 0.5) is 4.79 Å². The van der Waals surface area contributed by atoms with E-state index in [9.17, 15) is 9.59 Å². The van der Waals surface area contributed by atoms with E-state index in [1.54, 1.807) is 0 Å². The van der Waals surface area contributed by atoms with Crippen LogP contribution in [0.15, 0.2) is 53.7 Å². The van der Waals surface area contributed by atoms with Crippen molar-refractivity contribution in [3.8, 4) is 17.1 Å². The number of carbonyl (C=O) groups excluding carboxylic acids is 2. The van der Waals surface area contributed by atoms with Crippen LogP contribution in [0.1, 0.15) is 11.1 Å². The summed E-state index contributed by atoms with van der Waals surface area (Å²) in [5.41, 5.74) is 4.19. The highest BCUT2D eigenvalue weighted by Gasteiger charge is 2.18. The number of urea groups is 1. The molecule has 7 nitrogen and oxygen atoms in total. The number of aromatic nitrogens is 3. The molecule has 3 amide bonds. The molecule has 3 rings (SSSR count). The number of hydrogen-bond donors (Lipinski definition) is 2. The third kappa shape index (κ3) is 4.40. The number of rotatable bonds is 5. The summed E-state index contributed by atoms with van der Waals surface area (Å²) in [6.07, 6.45) is 0. The van der Waals surface area contributed by atoms with E-state index < -0.39 is 11.9 Å². The highest BCUT2D eigenvalue weighted by molar-refractivity contribution is 7.99. The van der Waals surface area contributed by atoms with E-state index in [2.05, 4.69) is 40.7 Å². The van der Waals surface area contributed by atoms with Gasteiger partial charge in [0.2, 0.25) is 5.91 Å². The lowest BCUT2D eigenvalue weighted by Crippen LogP contribution is -2.38. The minimum atomic E-state index is -0.536. The highest BCUT2D eigenvalue weighted by Crippen LogP contribution is 2.28. The summed E-state index contributed by atoms with van der Waals surface area (Å²) < 4.78 is 1.93. The summed E-state index contributed by atoms with van der Waals surface area (Å²) in [6, 6.07) is 15.4. The van der Waals surface area contributed by atoms with Crippen LogP contribution >= 0.6 is 11.8 Å². The Morgan fingerprint density at radius 3 is 2.46 bits per heavy atom. The number of hydrogen-bond acceptors (Lipinski definition) is 5. The Kier molecular flexibility index (Phi) is 6.10. The quantitative estimate of drug-likeness (QED) is 0.648. The number of aryl methyl sites for hydroxylation is 2. The van der Waals surface area contributed by atoms with Gasteiger partial charge in [0.1, 0.15) is 0 Å². The Morgan fingerprint density at radius 2 is 1.79 bits per heavy atom. The van der Waals surface area contributed by atoms with Gasteiger partial charge in [0.05, 0.1) is 11.4 Å². The first-order valence-electron chi connectivity index (χ1n) is 8.72. The number of thioether (sulfide) groups is 1. The van der Waals surface area contributed by atoms with E-state index in [1.807, 2.05) is 47.0 Å². The maximum absolute atomic E-state index is 12.0. The van der Waals surface area contributed by atoms with Crippen molar-refractivity contribution in [3.05, 3.63) is 59.7 Å². The van der Waals surface area contributed by atoms with Crippen molar-refractivity contribution >= 4 is 23.7 Å². The van der Waals surface area contributed by atoms with Crippen LogP contribution in [0.25, 0.3) is 17.1 Å². The first kappa shape index (κ1) is 19.6. The van der Waals surface area contributed by atoms with Crippen molar-refractivity contribution in [1.29, 1.82) is 0 Å². The van der Waals surface area contributed by atoms with Crippen LogP contribution in [0, 0.1) is 13.8 Å². The van der Waals surface area contributed by atoms with Gasteiger partial charge in [-0.3, -0.25) is 14.7 Å². The molecule has 2 N–H and O–H groups in total. The van der Waals surface area contributed by atoms with Crippen molar-refractivity contribution in [2.45, 2.75) is 19.0 Å². The van der Waals surface area contributed by atoms with E-state index in [0.29, 0.717) is 11.0 Å².